The van der Waals surface area contributed by atoms with Crippen molar-refractivity contribution in [3.8, 4) is 0 Å². The smallest absolute Gasteiger partial charge is 0.254 e. The van der Waals surface area contributed by atoms with E-state index in [1.807, 2.05) is 0 Å². The van der Waals surface area contributed by atoms with E-state index in [9.17, 15) is 22.4 Å². The Morgan fingerprint density at radius 1 is 1.28 bits per heavy atom. The molecule has 0 aliphatic carbocycles. The molecule has 18 heavy (non-hydrogen) atoms. The minimum absolute atomic E-state index is 0.00342. The zero-order chi connectivity index (χ0) is 13.9. The molecule has 2 N–H and O–H groups in total. The first-order valence-electron chi connectivity index (χ1n) is 5.13. The molecule has 0 saturated carbocycles. The Balaban J connectivity index is 2.87. The zero-order valence-corrected chi connectivity index (χ0v) is 9.44. The second-order valence-corrected chi connectivity index (χ2v) is 3.74. The summed E-state index contributed by atoms with van der Waals surface area (Å²) in [5.41, 5.74) is -0.919. The fourth-order valence-corrected chi connectivity index (χ4v) is 1.23. The summed E-state index contributed by atoms with van der Waals surface area (Å²) >= 11 is 0. The molecule has 100 valence electrons. The fraction of sp³-hybridized carbons (Fsp3) is 0.364. The molecule has 0 saturated heterocycles. The second kappa shape index (κ2) is 5.81. The third-order valence-corrected chi connectivity index (χ3v) is 2.19. The van der Waals surface area contributed by atoms with Crippen LogP contribution in [0.25, 0.3) is 0 Å². The number of carbonyl (C=O) groups is 1. The van der Waals surface area contributed by atoms with E-state index in [-0.39, 0.29) is 19.0 Å². The highest BCUT2D eigenvalue weighted by atomic mass is 19.2. The molecule has 1 rings (SSSR count). The van der Waals surface area contributed by atoms with E-state index < -0.39 is 40.8 Å². The van der Waals surface area contributed by atoms with Gasteiger partial charge in [-0.15, -0.1) is 0 Å². The van der Waals surface area contributed by atoms with Crippen molar-refractivity contribution in [2.24, 2.45) is 0 Å². The topological polar surface area (TPSA) is 49.3 Å². The first-order chi connectivity index (χ1) is 8.34. The van der Waals surface area contributed by atoms with Gasteiger partial charge in [0.2, 0.25) is 0 Å². The lowest BCUT2D eigenvalue weighted by Crippen LogP contribution is -2.28. The van der Waals surface area contributed by atoms with Crippen molar-refractivity contribution in [3.05, 3.63) is 34.9 Å². The van der Waals surface area contributed by atoms with Crippen LogP contribution in [0.3, 0.4) is 0 Å². The summed E-state index contributed by atoms with van der Waals surface area (Å²) in [4.78, 5) is 11.4. The Hall–Kier alpha value is -1.63. The molecular weight excluding hydrogens is 254 g/mol. The van der Waals surface area contributed by atoms with E-state index in [1.54, 1.807) is 0 Å². The molecular formula is C11H11F4NO2. The SMILES string of the molecule is CC(O)CCNC(=O)c1cc(F)c(F)c(F)c1F. The molecule has 0 fully saturated rings. The standard InChI is InChI=1S/C11H11F4NO2/c1-5(17)2-3-16-11(18)6-4-7(12)9(14)10(15)8(6)13/h4-5,17H,2-3H2,1H3,(H,16,18). The van der Waals surface area contributed by atoms with Crippen LogP contribution in [-0.4, -0.2) is 23.7 Å². The fourth-order valence-electron chi connectivity index (χ4n) is 1.23. The molecule has 7 heteroatoms. The normalized spacial score (nSPS) is 12.3. The maximum Gasteiger partial charge on any atom is 0.254 e. The summed E-state index contributed by atoms with van der Waals surface area (Å²) in [5, 5.41) is 11.1. The van der Waals surface area contributed by atoms with Gasteiger partial charge in [-0.25, -0.2) is 17.6 Å². The van der Waals surface area contributed by atoms with E-state index in [0.717, 1.165) is 0 Å². The number of aliphatic hydroxyl groups is 1. The third kappa shape index (κ3) is 3.19. The minimum atomic E-state index is -2.03. The molecule has 0 heterocycles. The minimum Gasteiger partial charge on any atom is -0.393 e. The van der Waals surface area contributed by atoms with Crippen molar-refractivity contribution < 1.29 is 27.5 Å². The number of halogens is 4. The average Bonchev–Trinajstić information content (AvgIpc) is 2.30. The lowest BCUT2D eigenvalue weighted by molar-refractivity contribution is 0.0939. The monoisotopic (exact) mass is 265 g/mol. The predicted molar refractivity (Wildman–Crippen MR) is 54.9 cm³/mol. The molecule has 0 aliphatic heterocycles. The van der Waals surface area contributed by atoms with Crippen LogP contribution in [-0.2, 0) is 0 Å². The van der Waals surface area contributed by atoms with E-state index >= 15 is 0 Å². The molecule has 0 aromatic heterocycles. The molecule has 0 bridgehead atoms. The molecule has 1 atom stereocenters. The van der Waals surface area contributed by atoms with Crippen LogP contribution in [0.4, 0.5) is 17.6 Å². The average molecular weight is 265 g/mol. The van der Waals surface area contributed by atoms with Gasteiger partial charge in [0, 0.05) is 6.54 Å². The Morgan fingerprint density at radius 3 is 2.44 bits per heavy atom. The van der Waals surface area contributed by atoms with Crippen LogP contribution in [0.1, 0.15) is 23.7 Å². The number of hydrogen-bond acceptors (Lipinski definition) is 2. The van der Waals surface area contributed by atoms with Gasteiger partial charge in [-0.1, -0.05) is 0 Å². The number of amides is 1. The van der Waals surface area contributed by atoms with Crippen molar-refractivity contribution in [1.82, 2.24) is 5.32 Å². The molecule has 1 aromatic carbocycles. The van der Waals surface area contributed by atoms with Gasteiger partial charge < -0.3 is 10.4 Å². The number of rotatable bonds is 4. The van der Waals surface area contributed by atoms with Gasteiger partial charge >= 0.3 is 0 Å². The summed E-state index contributed by atoms with van der Waals surface area (Å²) in [7, 11) is 0. The van der Waals surface area contributed by atoms with Crippen molar-refractivity contribution >= 4 is 5.91 Å². The first kappa shape index (κ1) is 14.4. The highest BCUT2D eigenvalue weighted by Crippen LogP contribution is 2.18. The van der Waals surface area contributed by atoms with Crippen molar-refractivity contribution in [3.63, 3.8) is 0 Å². The zero-order valence-electron chi connectivity index (χ0n) is 9.44. The quantitative estimate of drug-likeness (QED) is 0.495. The van der Waals surface area contributed by atoms with Gasteiger partial charge in [0.25, 0.3) is 5.91 Å². The van der Waals surface area contributed by atoms with Crippen molar-refractivity contribution in [2.45, 2.75) is 19.4 Å². The van der Waals surface area contributed by atoms with Crippen LogP contribution < -0.4 is 5.32 Å². The Bertz CT molecular complexity index is 463. The number of hydrogen-bond donors (Lipinski definition) is 2. The Labute approximate surface area is 100 Å². The number of benzene rings is 1. The van der Waals surface area contributed by atoms with Crippen LogP contribution >= 0.6 is 0 Å². The van der Waals surface area contributed by atoms with E-state index in [2.05, 4.69) is 5.32 Å². The van der Waals surface area contributed by atoms with E-state index in [0.29, 0.717) is 0 Å². The maximum atomic E-state index is 13.2. The predicted octanol–water partition coefficient (Wildman–Crippen LogP) is 1.74. The summed E-state index contributed by atoms with van der Waals surface area (Å²) in [6.45, 7) is 1.47. The third-order valence-electron chi connectivity index (χ3n) is 2.19. The van der Waals surface area contributed by atoms with E-state index in [4.69, 9.17) is 5.11 Å². The van der Waals surface area contributed by atoms with Gasteiger partial charge in [-0.2, -0.15) is 0 Å². The number of nitrogens with one attached hydrogen (secondary N) is 1. The largest absolute Gasteiger partial charge is 0.393 e. The second-order valence-electron chi connectivity index (χ2n) is 3.74. The molecule has 1 unspecified atom stereocenters. The van der Waals surface area contributed by atoms with E-state index in [1.165, 1.54) is 6.92 Å². The highest BCUT2D eigenvalue weighted by molar-refractivity contribution is 5.94. The van der Waals surface area contributed by atoms with Gasteiger partial charge in [0.05, 0.1) is 11.7 Å². The lowest BCUT2D eigenvalue weighted by Gasteiger charge is -2.08. The Morgan fingerprint density at radius 2 is 1.89 bits per heavy atom. The number of carbonyl (C=O) groups excluding carboxylic acids is 1. The van der Waals surface area contributed by atoms with Gasteiger partial charge in [0.1, 0.15) is 0 Å². The number of aliphatic hydroxyl groups excluding tert-OH is 1. The Kier molecular flexibility index (Phi) is 4.66. The molecule has 0 aliphatic rings. The summed E-state index contributed by atoms with van der Waals surface area (Å²) in [5.74, 6) is -8.47. The van der Waals surface area contributed by atoms with Crippen LogP contribution in [0.15, 0.2) is 6.07 Å². The summed E-state index contributed by atoms with van der Waals surface area (Å²) in [6.07, 6.45) is -0.490. The summed E-state index contributed by atoms with van der Waals surface area (Å²) < 4.78 is 51.5. The van der Waals surface area contributed by atoms with Crippen LogP contribution in [0.5, 0.6) is 0 Å². The van der Waals surface area contributed by atoms with Gasteiger partial charge in [0.15, 0.2) is 23.3 Å². The lowest BCUT2D eigenvalue weighted by atomic mass is 10.1. The molecule has 1 aromatic rings. The van der Waals surface area contributed by atoms with Gasteiger partial charge in [-0.05, 0) is 19.4 Å². The van der Waals surface area contributed by atoms with Crippen molar-refractivity contribution in [2.75, 3.05) is 6.54 Å². The van der Waals surface area contributed by atoms with Crippen LogP contribution in [0, 0.1) is 23.3 Å². The summed E-state index contributed by atoms with van der Waals surface area (Å²) in [6, 6.07) is 0.283. The molecule has 1 amide bonds. The van der Waals surface area contributed by atoms with Gasteiger partial charge in [-0.3, -0.25) is 4.79 Å². The molecule has 0 radical (unpaired) electrons. The molecule has 0 spiro atoms. The van der Waals surface area contributed by atoms with Crippen LogP contribution in [0.2, 0.25) is 0 Å². The molecule has 3 nitrogen and oxygen atoms in total. The maximum absolute atomic E-state index is 13.2. The highest BCUT2D eigenvalue weighted by Gasteiger charge is 2.22. The first-order valence-corrected chi connectivity index (χ1v) is 5.13. The van der Waals surface area contributed by atoms with Crippen molar-refractivity contribution in [1.29, 1.82) is 0 Å².